The van der Waals surface area contributed by atoms with Crippen LogP contribution in [0.1, 0.15) is 29.3 Å². The smallest absolute Gasteiger partial charge is 0.251 e. The molecule has 0 aliphatic rings. The molecule has 28 heavy (non-hydrogen) atoms. The highest BCUT2D eigenvalue weighted by atomic mass is 32.2. The third-order valence-electron chi connectivity index (χ3n) is 3.80. The van der Waals surface area contributed by atoms with Gasteiger partial charge in [-0.2, -0.15) is 0 Å². The summed E-state index contributed by atoms with van der Waals surface area (Å²) >= 11 is 0. The van der Waals surface area contributed by atoms with Crippen LogP contribution in [0.4, 0.5) is 5.69 Å². The number of carbonyl (C=O) groups excluding carboxylic acids is 1. The number of hydrogen-bond acceptors (Lipinski definition) is 5. The van der Waals surface area contributed by atoms with E-state index in [9.17, 15) is 18.3 Å². The fourth-order valence-corrected chi connectivity index (χ4v) is 3.62. The Morgan fingerprint density at radius 3 is 2.64 bits per heavy atom. The summed E-state index contributed by atoms with van der Waals surface area (Å²) in [5.41, 5.74) is 1.67. The highest BCUT2D eigenvalue weighted by Gasteiger charge is 2.13. The molecule has 1 unspecified atom stereocenters. The second kappa shape index (κ2) is 10.1. The van der Waals surface area contributed by atoms with Crippen LogP contribution in [0.15, 0.2) is 48.5 Å². The first-order chi connectivity index (χ1) is 13.3. The van der Waals surface area contributed by atoms with Crippen LogP contribution in [-0.2, 0) is 10.0 Å². The van der Waals surface area contributed by atoms with Gasteiger partial charge < -0.3 is 15.2 Å². The Labute approximate surface area is 165 Å². The first-order valence-corrected chi connectivity index (χ1v) is 10.7. The van der Waals surface area contributed by atoms with E-state index < -0.39 is 22.0 Å². The number of anilines is 1. The summed E-state index contributed by atoms with van der Waals surface area (Å²) < 4.78 is 31.6. The van der Waals surface area contributed by atoms with E-state index in [1.54, 1.807) is 31.2 Å². The van der Waals surface area contributed by atoms with E-state index in [-0.39, 0.29) is 18.9 Å². The van der Waals surface area contributed by atoms with Gasteiger partial charge in [0.1, 0.15) is 18.5 Å². The molecule has 0 aliphatic carbocycles. The summed E-state index contributed by atoms with van der Waals surface area (Å²) in [5.74, 6) is 0.250. The van der Waals surface area contributed by atoms with Crippen LogP contribution in [0.25, 0.3) is 0 Å². The first-order valence-electron chi connectivity index (χ1n) is 9.05. The van der Waals surface area contributed by atoms with Crippen LogP contribution in [0.3, 0.4) is 0 Å². The minimum Gasteiger partial charge on any atom is -0.491 e. The molecule has 2 aromatic rings. The van der Waals surface area contributed by atoms with Crippen molar-refractivity contribution < 1.29 is 23.1 Å². The third-order valence-corrected chi connectivity index (χ3v) is 5.29. The molecule has 0 heterocycles. The number of aliphatic hydroxyl groups is 1. The number of benzene rings is 2. The third kappa shape index (κ3) is 7.21. The summed E-state index contributed by atoms with van der Waals surface area (Å²) in [6, 6.07) is 13.7. The van der Waals surface area contributed by atoms with E-state index in [4.69, 9.17) is 4.74 Å². The number of sulfonamides is 1. The maximum absolute atomic E-state index is 12.3. The Kier molecular flexibility index (Phi) is 7.83. The lowest BCUT2D eigenvalue weighted by Gasteiger charge is -2.14. The number of carbonyl (C=O) groups is 1. The molecule has 0 aliphatic heterocycles. The lowest BCUT2D eigenvalue weighted by atomic mass is 10.2. The van der Waals surface area contributed by atoms with E-state index in [1.165, 1.54) is 6.07 Å². The summed E-state index contributed by atoms with van der Waals surface area (Å²) in [4.78, 5) is 12.3. The molecule has 0 saturated carbocycles. The number of aryl methyl sites for hydroxylation is 1. The molecule has 8 heteroatoms. The summed E-state index contributed by atoms with van der Waals surface area (Å²) in [6.45, 7) is 3.77. The van der Waals surface area contributed by atoms with Gasteiger partial charge in [-0.1, -0.05) is 25.1 Å². The van der Waals surface area contributed by atoms with Crippen LogP contribution in [0, 0.1) is 6.92 Å². The molecular formula is C20H26N2O5S. The second-order valence-electron chi connectivity index (χ2n) is 6.49. The highest BCUT2D eigenvalue weighted by Crippen LogP contribution is 2.14. The van der Waals surface area contributed by atoms with E-state index in [2.05, 4.69) is 10.0 Å². The van der Waals surface area contributed by atoms with Crippen molar-refractivity contribution in [1.29, 1.82) is 0 Å². The number of hydrogen-bond donors (Lipinski definition) is 3. The zero-order chi connectivity index (χ0) is 20.6. The van der Waals surface area contributed by atoms with Crippen LogP contribution in [-0.4, -0.2) is 44.4 Å². The number of amides is 1. The lowest BCUT2D eigenvalue weighted by Crippen LogP contribution is -2.35. The molecule has 0 fully saturated rings. The summed E-state index contributed by atoms with van der Waals surface area (Å²) in [7, 11) is -3.43. The molecule has 0 bridgehead atoms. The molecule has 1 amide bonds. The van der Waals surface area contributed by atoms with Gasteiger partial charge in [-0.15, -0.1) is 0 Å². The van der Waals surface area contributed by atoms with Gasteiger partial charge in [0.05, 0.1) is 5.75 Å². The fraction of sp³-hybridized carbons (Fsp3) is 0.350. The highest BCUT2D eigenvalue weighted by molar-refractivity contribution is 7.92. The van der Waals surface area contributed by atoms with Gasteiger partial charge in [-0.3, -0.25) is 9.52 Å². The van der Waals surface area contributed by atoms with Gasteiger partial charge in [0, 0.05) is 17.8 Å². The Hall–Kier alpha value is -2.58. The topological polar surface area (TPSA) is 105 Å². The van der Waals surface area contributed by atoms with Crippen molar-refractivity contribution in [3.8, 4) is 5.75 Å². The zero-order valence-corrected chi connectivity index (χ0v) is 16.8. The van der Waals surface area contributed by atoms with E-state index in [0.29, 0.717) is 23.4 Å². The SMILES string of the molecule is CCCS(=O)(=O)Nc1cccc(C(=O)NCC(O)COc2cccc(C)c2)c1. The van der Waals surface area contributed by atoms with Crippen LogP contribution >= 0.6 is 0 Å². The number of ether oxygens (including phenoxy) is 1. The maximum Gasteiger partial charge on any atom is 0.251 e. The molecular weight excluding hydrogens is 380 g/mol. The van der Waals surface area contributed by atoms with E-state index in [1.807, 2.05) is 25.1 Å². The Morgan fingerprint density at radius 1 is 1.18 bits per heavy atom. The Balaban J connectivity index is 1.86. The quantitative estimate of drug-likeness (QED) is 0.562. The molecule has 2 aromatic carbocycles. The Bertz CT molecular complexity index is 899. The summed E-state index contributed by atoms with van der Waals surface area (Å²) in [6.07, 6.45) is -0.381. The van der Waals surface area contributed by atoms with Gasteiger partial charge in [-0.25, -0.2) is 8.42 Å². The van der Waals surface area contributed by atoms with Gasteiger partial charge in [0.15, 0.2) is 0 Å². The predicted molar refractivity (Wildman–Crippen MR) is 109 cm³/mol. The molecule has 0 radical (unpaired) electrons. The van der Waals surface area contributed by atoms with Crippen LogP contribution in [0.2, 0.25) is 0 Å². The van der Waals surface area contributed by atoms with Crippen molar-refractivity contribution in [2.75, 3.05) is 23.6 Å². The number of rotatable bonds is 10. The first kappa shape index (κ1) is 21.7. The minimum absolute atomic E-state index is 0.0104. The zero-order valence-electron chi connectivity index (χ0n) is 16.0. The molecule has 7 nitrogen and oxygen atoms in total. The molecule has 0 saturated heterocycles. The largest absolute Gasteiger partial charge is 0.491 e. The average molecular weight is 407 g/mol. The molecule has 0 aromatic heterocycles. The van der Waals surface area contributed by atoms with Gasteiger partial charge >= 0.3 is 0 Å². The number of aliphatic hydroxyl groups excluding tert-OH is 1. The van der Waals surface area contributed by atoms with Crippen molar-refractivity contribution in [2.24, 2.45) is 0 Å². The van der Waals surface area contributed by atoms with Crippen molar-refractivity contribution in [1.82, 2.24) is 5.32 Å². The summed E-state index contributed by atoms with van der Waals surface area (Å²) in [5, 5.41) is 12.6. The van der Waals surface area contributed by atoms with Crippen molar-refractivity contribution in [3.63, 3.8) is 0 Å². The fourth-order valence-electron chi connectivity index (χ4n) is 2.49. The van der Waals surface area contributed by atoms with Gasteiger partial charge in [0.25, 0.3) is 5.91 Å². The van der Waals surface area contributed by atoms with Gasteiger partial charge in [-0.05, 0) is 49.2 Å². The standard InChI is InChI=1S/C20H26N2O5S/c1-3-10-28(25,26)22-17-8-5-7-16(12-17)20(24)21-13-18(23)14-27-19-9-4-6-15(2)11-19/h4-9,11-12,18,22-23H,3,10,13-14H2,1-2H3,(H,21,24). The molecule has 2 rings (SSSR count). The average Bonchev–Trinajstić information content (AvgIpc) is 2.64. The normalized spacial score (nSPS) is 12.2. The van der Waals surface area contributed by atoms with E-state index >= 15 is 0 Å². The molecule has 0 spiro atoms. The van der Waals surface area contributed by atoms with Crippen LogP contribution in [0.5, 0.6) is 5.75 Å². The predicted octanol–water partition coefficient (Wildman–Crippen LogP) is 2.32. The maximum atomic E-state index is 12.3. The number of nitrogens with one attached hydrogen (secondary N) is 2. The van der Waals surface area contributed by atoms with E-state index in [0.717, 1.165) is 5.56 Å². The van der Waals surface area contributed by atoms with Crippen molar-refractivity contribution in [2.45, 2.75) is 26.4 Å². The Morgan fingerprint density at radius 2 is 1.93 bits per heavy atom. The molecule has 3 N–H and O–H groups in total. The monoisotopic (exact) mass is 406 g/mol. The second-order valence-corrected chi connectivity index (χ2v) is 8.33. The van der Waals surface area contributed by atoms with Crippen molar-refractivity contribution in [3.05, 3.63) is 59.7 Å². The molecule has 152 valence electrons. The lowest BCUT2D eigenvalue weighted by molar-refractivity contribution is 0.0843. The van der Waals surface area contributed by atoms with Crippen LogP contribution < -0.4 is 14.8 Å². The minimum atomic E-state index is -3.43. The van der Waals surface area contributed by atoms with Crippen molar-refractivity contribution >= 4 is 21.6 Å². The molecule has 1 atom stereocenters. The van der Waals surface area contributed by atoms with Gasteiger partial charge in [0.2, 0.25) is 10.0 Å².